The first-order valence-corrected chi connectivity index (χ1v) is 9.12. The summed E-state index contributed by atoms with van der Waals surface area (Å²) in [5, 5.41) is 3.81. The minimum atomic E-state index is -1.08. The normalized spacial score (nSPS) is 13.9. The summed E-state index contributed by atoms with van der Waals surface area (Å²) in [6.45, 7) is 8.43. The summed E-state index contributed by atoms with van der Waals surface area (Å²) in [5.74, 6) is 0.178. The summed E-state index contributed by atoms with van der Waals surface area (Å²) in [6.07, 6.45) is 0. The molecule has 23 heavy (non-hydrogen) atoms. The number of amides is 1. The maximum absolute atomic E-state index is 12.5. The molecular weight excluding hydrogens is 374 g/mol. The summed E-state index contributed by atoms with van der Waals surface area (Å²) in [6, 6.07) is 7.47. The number of nitrogens with two attached hydrogens (primary N) is 1. The molecule has 2 aromatic rings. The number of aryl methyl sites for hydroxylation is 1. The number of carbonyl (C=O) groups excluding carboxylic acids is 1. The van der Waals surface area contributed by atoms with Crippen molar-refractivity contribution in [2.45, 2.75) is 45.7 Å². The highest BCUT2D eigenvalue weighted by molar-refractivity contribution is 9.10. The number of rotatable bonds is 5. The Balaban J connectivity index is 2.06. The maximum atomic E-state index is 12.5. The highest BCUT2D eigenvalue weighted by Gasteiger charge is 2.30. The fraction of sp³-hybridized carbons (Fsp3) is 0.412. The Morgan fingerprint density at radius 1 is 1.39 bits per heavy atom. The van der Waals surface area contributed by atoms with Gasteiger partial charge in [-0.05, 0) is 37.5 Å². The van der Waals surface area contributed by atoms with E-state index in [1.807, 2.05) is 24.3 Å². The number of hydrogen-bond donors (Lipinski definition) is 2. The van der Waals surface area contributed by atoms with Crippen molar-refractivity contribution in [3.63, 3.8) is 0 Å². The molecule has 4 nitrogen and oxygen atoms in total. The minimum Gasteiger partial charge on any atom is -0.348 e. The van der Waals surface area contributed by atoms with Gasteiger partial charge >= 0.3 is 0 Å². The van der Waals surface area contributed by atoms with Gasteiger partial charge in [-0.2, -0.15) is 0 Å². The first-order valence-electron chi connectivity index (χ1n) is 7.51. The Kier molecular flexibility index (Phi) is 5.60. The first-order chi connectivity index (χ1) is 10.7. The number of carbonyl (C=O) groups is 1. The smallest absolute Gasteiger partial charge is 0.244 e. The van der Waals surface area contributed by atoms with E-state index >= 15 is 0 Å². The molecule has 1 atom stereocenters. The molecule has 2 rings (SSSR count). The lowest BCUT2D eigenvalue weighted by atomic mass is 9.92. The van der Waals surface area contributed by atoms with E-state index in [2.05, 4.69) is 47.0 Å². The standard InChI is InChI=1S/C17H22BrN3OS/c1-10(2)15-11(3)23-14(21-15)9-20-16(22)17(4,19)12-5-7-13(18)8-6-12/h5-8,10H,9,19H2,1-4H3,(H,20,22). The van der Waals surface area contributed by atoms with Gasteiger partial charge in [0.25, 0.3) is 0 Å². The summed E-state index contributed by atoms with van der Waals surface area (Å²) < 4.78 is 0.955. The van der Waals surface area contributed by atoms with Crippen LogP contribution in [0.15, 0.2) is 28.7 Å². The minimum absolute atomic E-state index is 0.209. The van der Waals surface area contributed by atoms with E-state index in [0.29, 0.717) is 12.5 Å². The number of nitrogens with one attached hydrogen (secondary N) is 1. The van der Waals surface area contributed by atoms with Crippen LogP contribution in [0.25, 0.3) is 0 Å². The monoisotopic (exact) mass is 395 g/mol. The third-order valence-corrected chi connectivity index (χ3v) is 5.25. The highest BCUT2D eigenvalue weighted by Crippen LogP contribution is 2.25. The molecule has 0 saturated heterocycles. The van der Waals surface area contributed by atoms with Crippen molar-refractivity contribution in [3.8, 4) is 0 Å². The van der Waals surface area contributed by atoms with Crippen molar-refractivity contribution >= 4 is 33.2 Å². The van der Waals surface area contributed by atoms with Crippen LogP contribution in [0.4, 0.5) is 0 Å². The van der Waals surface area contributed by atoms with Gasteiger partial charge in [0.15, 0.2) is 0 Å². The second-order valence-electron chi connectivity index (χ2n) is 6.10. The van der Waals surface area contributed by atoms with Crippen molar-refractivity contribution in [3.05, 3.63) is 49.9 Å². The molecule has 0 aliphatic carbocycles. The number of thiazole rings is 1. The number of halogens is 1. The second-order valence-corrected chi connectivity index (χ2v) is 8.30. The van der Waals surface area contributed by atoms with Gasteiger partial charge in [0.05, 0.1) is 12.2 Å². The van der Waals surface area contributed by atoms with E-state index in [1.165, 1.54) is 4.88 Å². The quantitative estimate of drug-likeness (QED) is 0.807. The van der Waals surface area contributed by atoms with Crippen LogP contribution < -0.4 is 11.1 Å². The van der Waals surface area contributed by atoms with Crippen molar-refractivity contribution in [1.29, 1.82) is 0 Å². The van der Waals surface area contributed by atoms with Crippen LogP contribution in [0.5, 0.6) is 0 Å². The van der Waals surface area contributed by atoms with Gasteiger partial charge in [-0.25, -0.2) is 4.98 Å². The Morgan fingerprint density at radius 3 is 2.52 bits per heavy atom. The molecule has 6 heteroatoms. The SMILES string of the molecule is Cc1sc(CNC(=O)C(C)(N)c2ccc(Br)cc2)nc1C(C)C. The average molecular weight is 396 g/mol. The van der Waals surface area contributed by atoms with Crippen LogP contribution in [0, 0.1) is 6.92 Å². The van der Waals surface area contributed by atoms with Crippen LogP contribution in [0.1, 0.15) is 47.8 Å². The van der Waals surface area contributed by atoms with E-state index in [4.69, 9.17) is 5.73 Å². The predicted octanol–water partition coefficient (Wildman–Crippen LogP) is 3.83. The van der Waals surface area contributed by atoms with Gasteiger partial charge in [0.1, 0.15) is 10.5 Å². The summed E-state index contributed by atoms with van der Waals surface area (Å²) in [5.41, 5.74) is 7.03. The fourth-order valence-electron chi connectivity index (χ4n) is 2.34. The molecule has 1 heterocycles. The fourth-order valence-corrected chi connectivity index (χ4v) is 3.63. The average Bonchev–Trinajstić information content (AvgIpc) is 2.86. The van der Waals surface area contributed by atoms with Crippen LogP contribution >= 0.6 is 27.3 Å². The lowest BCUT2D eigenvalue weighted by molar-refractivity contribution is -0.126. The number of hydrogen-bond acceptors (Lipinski definition) is 4. The molecule has 0 aliphatic rings. The molecule has 1 aromatic heterocycles. The maximum Gasteiger partial charge on any atom is 0.244 e. The van der Waals surface area contributed by atoms with Crippen molar-refractivity contribution < 1.29 is 4.79 Å². The van der Waals surface area contributed by atoms with Crippen molar-refractivity contribution in [1.82, 2.24) is 10.3 Å². The van der Waals surface area contributed by atoms with Gasteiger partial charge in [0.2, 0.25) is 5.91 Å². The van der Waals surface area contributed by atoms with Crippen LogP contribution in [0.2, 0.25) is 0 Å². The summed E-state index contributed by atoms with van der Waals surface area (Å²) in [7, 11) is 0. The third kappa shape index (κ3) is 4.19. The zero-order valence-electron chi connectivity index (χ0n) is 13.8. The number of aromatic nitrogens is 1. The zero-order chi connectivity index (χ0) is 17.2. The van der Waals surface area contributed by atoms with Crippen molar-refractivity contribution in [2.24, 2.45) is 5.73 Å². The van der Waals surface area contributed by atoms with E-state index in [-0.39, 0.29) is 5.91 Å². The van der Waals surface area contributed by atoms with Gasteiger partial charge in [-0.1, -0.05) is 41.9 Å². The molecule has 1 amide bonds. The van der Waals surface area contributed by atoms with E-state index < -0.39 is 5.54 Å². The molecule has 3 N–H and O–H groups in total. The summed E-state index contributed by atoms with van der Waals surface area (Å²) >= 11 is 5.00. The first kappa shape index (κ1) is 18.1. The van der Waals surface area contributed by atoms with E-state index in [0.717, 1.165) is 20.7 Å². The third-order valence-electron chi connectivity index (χ3n) is 3.74. The molecule has 0 radical (unpaired) electrons. The predicted molar refractivity (Wildman–Crippen MR) is 98.5 cm³/mol. The number of nitrogens with zero attached hydrogens (tertiary/aromatic N) is 1. The lowest BCUT2D eigenvalue weighted by Gasteiger charge is -2.24. The van der Waals surface area contributed by atoms with Gasteiger partial charge in [-0.3, -0.25) is 4.79 Å². The van der Waals surface area contributed by atoms with Crippen LogP contribution in [0.3, 0.4) is 0 Å². The molecule has 1 aromatic carbocycles. The van der Waals surface area contributed by atoms with E-state index in [1.54, 1.807) is 18.3 Å². The highest BCUT2D eigenvalue weighted by atomic mass is 79.9. The zero-order valence-corrected chi connectivity index (χ0v) is 16.2. The Bertz CT molecular complexity index is 692. The second kappa shape index (κ2) is 7.11. The molecule has 1 unspecified atom stereocenters. The van der Waals surface area contributed by atoms with Gasteiger partial charge in [-0.15, -0.1) is 11.3 Å². The molecule has 124 valence electrons. The van der Waals surface area contributed by atoms with Gasteiger partial charge < -0.3 is 11.1 Å². The van der Waals surface area contributed by atoms with E-state index in [9.17, 15) is 4.79 Å². The largest absolute Gasteiger partial charge is 0.348 e. The molecule has 0 saturated carbocycles. The molecule has 0 bridgehead atoms. The summed E-state index contributed by atoms with van der Waals surface area (Å²) in [4.78, 5) is 18.3. The number of benzene rings is 1. The lowest BCUT2D eigenvalue weighted by Crippen LogP contribution is -2.48. The molecular formula is C17H22BrN3OS. The van der Waals surface area contributed by atoms with Gasteiger partial charge in [0, 0.05) is 9.35 Å². The van der Waals surface area contributed by atoms with Crippen molar-refractivity contribution in [2.75, 3.05) is 0 Å². The van der Waals surface area contributed by atoms with Crippen LogP contribution in [-0.4, -0.2) is 10.9 Å². The topological polar surface area (TPSA) is 68.0 Å². The molecule has 0 spiro atoms. The molecule has 0 fully saturated rings. The molecule has 0 aliphatic heterocycles. The van der Waals surface area contributed by atoms with Crippen LogP contribution in [-0.2, 0) is 16.9 Å². The Hall–Kier alpha value is -1.24. The Labute approximate surface area is 149 Å². The Morgan fingerprint density at radius 2 is 2.00 bits per heavy atom.